The molecule has 1 aromatic heterocycles. The number of amides is 1. The van der Waals surface area contributed by atoms with Gasteiger partial charge in [-0.05, 0) is 20.8 Å². The molecular formula is C15H11ClF7N3O. The summed E-state index contributed by atoms with van der Waals surface area (Å²) in [7, 11) is 0. The van der Waals surface area contributed by atoms with Gasteiger partial charge >= 0.3 is 6.18 Å². The zero-order valence-electron chi connectivity index (χ0n) is 13.9. The highest BCUT2D eigenvalue weighted by molar-refractivity contribution is 6.31. The van der Waals surface area contributed by atoms with E-state index in [-0.39, 0.29) is 5.02 Å². The fourth-order valence-corrected chi connectivity index (χ4v) is 2.47. The molecule has 1 unspecified atom stereocenters. The number of nitrogens with one attached hydrogen (secondary N) is 1. The van der Waals surface area contributed by atoms with Crippen molar-refractivity contribution < 1.29 is 35.5 Å². The number of carbonyl (C=O) groups excluding carboxylic acids is 1. The predicted octanol–water partition coefficient (Wildman–Crippen LogP) is 4.93. The SMILES string of the molecule is Cc1nn(C(C)C(=O)Nc2c(F)c(F)c(C(F)(F)F)c(F)c2F)c(C)c1Cl. The summed E-state index contributed by atoms with van der Waals surface area (Å²) >= 11 is 5.92. The number of hydrogen-bond donors (Lipinski definition) is 1. The molecule has 0 aliphatic heterocycles. The molecule has 1 atom stereocenters. The molecule has 0 radical (unpaired) electrons. The first-order valence-electron chi connectivity index (χ1n) is 7.24. The highest BCUT2D eigenvalue weighted by Crippen LogP contribution is 2.38. The van der Waals surface area contributed by atoms with Crippen molar-refractivity contribution in [1.82, 2.24) is 9.78 Å². The molecule has 1 N–H and O–H groups in total. The maximum Gasteiger partial charge on any atom is 0.422 e. The van der Waals surface area contributed by atoms with Crippen LogP contribution in [0.3, 0.4) is 0 Å². The van der Waals surface area contributed by atoms with Crippen molar-refractivity contribution >= 4 is 23.2 Å². The minimum absolute atomic E-state index is 0.221. The number of benzene rings is 1. The zero-order chi connectivity index (χ0) is 20.8. The first-order valence-corrected chi connectivity index (χ1v) is 7.62. The lowest BCUT2D eigenvalue weighted by Gasteiger charge is -2.17. The number of nitrogens with zero attached hydrogens (tertiary/aromatic N) is 2. The monoisotopic (exact) mass is 417 g/mol. The summed E-state index contributed by atoms with van der Waals surface area (Å²) in [5.74, 6) is -11.3. The van der Waals surface area contributed by atoms with Crippen LogP contribution in [0, 0.1) is 37.1 Å². The molecule has 4 nitrogen and oxygen atoms in total. The topological polar surface area (TPSA) is 46.9 Å². The Morgan fingerprint density at radius 2 is 1.56 bits per heavy atom. The van der Waals surface area contributed by atoms with Crippen LogP contribution in [-0.4, -0.2) is 15.7 Å². The van der Waals surface area contributed by atoms with Gasteiger partial charge in [-0.1, -0.05) is 11.6 Å². The summed E-state index contributed by atoms with van der Waals surface area (Å²) in [6.45, 7) is 4.25. The third-order valence-corrected chi connectivity index (χ3v) is 4.33. The van der Waals surface area contributed by atoms with Gasteiger partial charge in [-0.2, -0.15) is 18.3 Å². The number of anilines is 1. The van der Waals surface area contributed by atoms with E-state index in [0.29, 0.717) is 11.4 Å². The second kappa shape index (κ2) is 7.02. The molecule has 0 aliphatic carbocycles. The van der Waals surface area contributed by atoms with E-state index in [0.717, 1.165) is 4.68 Å². The zero-order valence-corrected chi connectivity index (χ0v) is 14.7. The molecule has 1 aromatic carbocycles. The van der Waals surface area contributed by atoms with Crippen molar-refractivity contribution in [3.63, 3.8) is 0 Å². The molecule has 0 saturated carbocycles. The molecule has 0 aliphatic rings. The van der Waals surface area contributed by atoms with Crippen LogP contribution in [0.15, 0.2) is 0 Å². The van der Waals surface area contributed by atoms with Crippen LogP contribution in [0.4, 0.5) is 36.4 Å². The second-order valence-corrected chi connectivity index (χ2v) is 5.98. The first-order chi connectivity index (χ1) is 12.3. The van der Waals surface area contributed by atoms with Crippen LogP contribution in [-0.2, 0) is 11.0 Å². The molecule has 0 bridgehead atoms. The molecule has 12 heteroatoms. The fourth-order valence-electron chi connectivity index (χ4n) is 2.35. The number of carbonyl (C=O) groups is 1. The Labute approximate surface area is 152 Å². The van der Waals surface area contributed by atoms with Gasteiger partial charge in [-0.15, -0.1) is 0 Å². The van der Waals surface area contributed by atoms with E-state index in [9.17, 15) is 35.5 Å². The molecule has 0 saturated heterocycles. The summed E-state index contributed by atoms with van der Waals surface area (Å²) < 4.78 is 93.7. The van der Waals surface area contributed by atoms with E-state index in [1.54, 1.807) is 5.32 Å². The Kier molecular flexibility index (Phi) is 5.46. The lowest BCUT2D eigenvalue weighted by Crippen LogP contribution is -2.27. The largest absolute Gasteiger partial charge is 0.422 e. The van der Waals surface area contributed by atoms with Crippen LogP contribution >= 0.6 is 11.6 Å². The van der Waals surface area contributed by atoms with Crippen molar-refractivity contribution in [2.45, 2.75) is 33.0 Å². The summed E-state index contributed by atoms with van der Waals surface area (Å²) in [5.41, 5.74) is -3.74. The van der Waals surface area contributed by atoms with E-state index in [1.165, 1.54) is 20.8 Å². The number of aromatic nitrogens is 2. The van der Waals surface area contributed by atoms with E-state index >= 15 is 0 Å². The van der Waals surface area contributed by atoms with Gasteiger partial charge in [-0.3, -0.25) is 9.48 Å². The standard InChI is InChI=1S/C15H11ClF7N3O/c1-4-8(16)5(2)26(25-4)6(3)14(27)24-13-11(19)9(17)7(15(21,22)23)10(18)12(13)20/h6H,1-3H3,(H,24,27). The Balaban J connectivity index is 2.45. The number of halogens is 8. The van der Waals surface area contributed by atoms with Gasteiger partial charge in [0, 0.05) is 0 Å². The summed E-state index contributed by atoms with van der Waals surface area (Å²) in [5, 5.41) is 5.71. The molecule has 0 spiro atoms. The number of rotatable bonds is 3. The van der Waals surface area contributed by atoms with Crippen molar-refractivity contribution in [3.8, 4) is 0 Å². The van der Waals surface area contributed by atoms with Crippen LogP contribution in [0.25, 0.3) is 0 Å². The maximum atomic E-state index is 13.9. The molecule has 1 amide bonds. The Bertz CT molecular complexity index is 894. The summed E-state index contributed by atoms with van der Waals surface area (Å²) in [6.07, 6.45) is -5.67. The van der Waals surface area contributed by atoms with Crippen LogP contribution in [0.5, 0.6) is 0 Å². The Morgan fingerprint density at radius 1 is 1.07 bits per heavy atom. The number of aryl methyl sites for hydroxylation is 1. The van der Waals surface area contributed by atoms with Gasteiger partial charge in [0.15, 0.2) is 23.3 Å². The van der Waals surface area contributed by atoms with E-state index < -0.39 is 52.6 Å². The second-order valence-electron chi connectivity index (χ2n) is 5.60. The molecule has 2 aromatic rings. The molecule has 2 rings (SSSR count). The maximum absolute atomic E-state index is 13.9. The van der Waals surface area contributed by atoms with Gasteiger partial charge in [0.25, 0.3) is 0 Å². The average Bonchev–Trinajstić information content (AvgIpc) is 2.82. The number of alkyl halides is 3. The van der Waals surface area contributed by atoms with Crippen molar-refractivity contribution in [3.05, 3.63) is 45.2 Å². The number of hydrogen-bond acceptors (Lipinski definition) is 2. The van der Waals surface area contributed by atoms with E-state index in [2.05, 4.69) is 5.10 Å². The van der Waals surface area contributed by atoms with Crippen molar-refractivity contribution in [2.75, 3.05) is 5.32 Å². The highest BCUT2D eigenvalue weighted by Gasteiger charge is 2.42. The summed E-state index contributed by atoms with van der Waals surface area (Å²) in [4.78, 5) is 12.2. The molecule has 148 valence electrons. The first kappa shape index (κ1) is 21.0. The van der Waals surface area contributed by atoms with Crippen LogP contribution in [0.1, 0.15) is 29.9 Å². The van der Waals surface area contributed by atoms with Gasteiger partial charge in [0.05, 0.1) is 16.4 Å². The normalized spacial score (nSPS) is 13.0. The van der Waals surface area contributed by atoms with Gasteiger partial charge in [0.1, 0.15) is 17.3 Å². The molecule has 1 heterocycles. The van der Waals surface area contributed by atoms with Crippen LogP contribution < -0.4 is 5.32 Å². The van der Waals surface area contributed by atoms with Gasteiger partial charge in [-0.25, -0.2) is 17.6 Å². The minimum atomic E-state index is -5.67. The quantitative estimate of drug-likeness (QED) is 0.568. The smallest absolute Gasteiger partial charge is 0.319 e. The van der Waals surface area contributed by atoms with Gasteiger partial charge in [0.2, 0.25) is 5.91 Å². The Hall–Kier alpha value is -2.30. The predicted molar refractivity (Wildman–Crippen MR) is 81.3 cm³/mol. The Morgan fingerprint density at radius 3 is 1.93 bits per heavy atom. The van der Waals surface area contributed by atoms with Crippen molar-refractivity contribution in [1.29, 1.82) is 0 Å². The minimum Gasteiger partial charge on any atom is -0.319 e. The fraction of sp³-hybridized carbons (Fsp3) is 0.333. The van der Waals surface area contributed by atoms with Crippen LogP contribution in [0.2, 0.25) is 5.02 Å². The third kappa shape index (κ3) is 3.60. The lowest BCUT2D eigenvalue weighted by atomic mass is 10.1. The summed E-state index contributed by atoms with van der Waals surface area (Å²) in [6, 6.07) is -1.25. The lowest BCUT2D eigenvalue weighted by molar-refractivity contribution is -0.143. The van der Waals surface area contributed by atoms with Crippen molar-refractivity contribution in [2.24, 2.45) is 0 Å². The highest BCUT2D eigenvalue weighted by atomic mass is 35.5. The van der Waals surface area contributed by atoms with E-state index in [4.69, 9.17) is 11.6 Å². The molecule has 0 fully saturated rings. The third-order valence-electron chi connectivity index (χ3n) is 3.78. The molecular weight excluding hydrogens is 407 g/mol. The molecule has 27 heavy (non-hydrogen) atoms. The van der Waals surface area contributed by atoms with Gasteiger partial charge < -0.3 is 5.32 Å². The average molecular weight is 418 g/mol. The van der Waals surface area contributed by atoms with E-state index in [1.807, 2.05) is 0 Å².